The van der Waals surface area contributed by atoms with Crippen LogP contribution in [0, 0.1) is 0 Å². The first-order valence-electron chi connectivity index (χ1n) is 5.36. The molecule has 1 N–H and O–H groups in total. The van der Waals surface area contributed by atoms with Crippen molar-refractivity contribution in [1.82, 2.24) is 14.8 Å². The van der Waals surface area contributed by atoms with E-state index in [2.05, 4.69) is 29.6 Å². The number of unbranched alkanes of at least 4 members (excludes halogenated alkanes) is 2. The van der Waals surface area contributed by atoms with Gasteiger partial charge < -0.3 is 5.11 Å². The zero-order chi connectivity index (χ0) is 11.1. The van der Waals surface area contributed by atoms with Crippen LogP contribution in [0.25, 0.3) is 0 Å². The molecule has 5 heteroatoms. The molecule has 0 saturated carbocycles. The summed E-state index contributed by atoms with van der Waals surface area (Å²) in [5, 5.41) is 14.2. The van der Waals surface area contributed by atoms with Gasteiger partial charge in [0.1, 0.15) is 12.7 Å². The average molecular weight is 229 g/mol. The van der Waals surface area contributed by atoms with Crippen LogP contribution in [0.2, 0.25) is 0 Å². The Bertz CT molecular complexity index is 266. The third-order valence-electron chi connectivity index (χ3n) is 2.46. The van der Waals surface area contributed by atoms with E-state index in [-0.39, 0.29) is 0 Å². The van der Waals surface area contributed by atoms with Gasteiger partial charge in [0.25, 0.3) is 0 Å². The molecular formula is C10H19N3OS. The van der Waals surface area contributed by atoms with Crippen LogP contribution in [0.3, 0.4) is 0 Å². The highest BCUT2D eigenvalue weighted by Crippen LogP contribution is 2.18. The highest BCUT2D eigenvalue weighted by molar-refractivity contribution is 7.80. The van der Waals surface area contributed by atoms with E-state index in [0.29, 0.717) is 12.3 Å². The third-order valence-corrected chi connectivity index (χ3v) is 3.05. The number of aromatic nitrogens is 3. The zero-order valence-corrected chi connectivity index (χ0v) is 10.0. The van der Waals surface area contributed by atoms with Gasteiger partial charge in [-0.05, 0) is 6.42 Å². The summed E-state index contributed by atoms with van der Waals surface area (Å²) in [6.07, 6.45) is 7.20. The number of nitrogens with zero attached hydrogens (tertiary/aromatic N) is 3. The molecule has 0 aliphatic carbocycles. The molecule has 0 aliphatic heterocycles. The molecule has 4 nitrogen and oxygen atoms in total. The topological polar surface area (TPSA) is 50.9 Å². The summed E-state index contributed by atoms with van der Waals surface area (Å²) >= 11 is 4.20. The van der Waals surface area contributed by atoms with E-state index < -0.39 is 5.60 Å². The van der Waals surface area contributed by atoms with Crippen LogP contribution in [0.15, 0.2) is 12.7 Å². The Morgan fingerprint density at radius 3 is 2.80 bits per heavy atom. The molecule has 0 aliphatic rings. The quantitative estimate of drug-likeness (QED) is 0.550. The maximum Gasteiger partial charge on any atom is 0.137 e. The summed E-state index contributed by atoms with van der Waals surface area (Å²) in [4.78, 5) is 3.85. The van der Waals surface area contributed by atoms with Gasteiger partial charge in [-0.1, -0.05) is 26.2 Å². The van der Waals surface area contributed by atoms with Crippen LogP contribution in [-0.2, 0) is 6.54 Å². The minimum absolute atomic E-state index is 0.455. The largest absolute Gasteiger partial charge is 0.387 e. The molecule has 1 rings (SSSR count). The Hall–Kier alpha value is -0.550. The van der Waals surface area contributed by atoms with E-state index in [4.69, 9.17) is 0 Å². The molecule has 0 bridgehead atoms. The van der Waals surface area contributed by atoms with E-state index in [0.717, 1.165) is 25.7 Å². The number of aliphatic hydroxyl groups is 1. The standard InChI is InChI=1S/C10H19N3OS/c1-2-3-4-5-10(14,7-15)6-13-9-11-8-12-13/h8-9,14-15H,2-7H2,1H3. The van der Waals surface area contributed by atoms with E-state index in [9.17, 15) is 5.11 Å². The molecule has 0 radical (unpaired) electrons. The van der Waals surface area contributed by atoms with Crippen molar-refractivity contribution in [2.24, 2.45) is 0 Å². The Kier molecular flexibility index (Phi) is 5.11. The first-order valence-corrected chi connectivity index (χ1v) is 5.99. The SMILES string of the molecule is CCCCCC(O)(CS)Cn1cncn1. The van der Waals surface area contributed by atoms with Crippen molar-refractivity contribution in [3.05, 3.63) is 12.7 Å². The molecule has 1 aromatic heterocycles. The lowest BCUT2D eigenvalue weighted by Gasteiger charge is -2.25. The monoisotopic (exact) mass is 229 g/mol. The van der Waals surface area contributed by atoms with Crippen LogP contribution in [-0.4, -0.2) is 31.2 Å². The van der Waals surface area contributed by atoms with Gasteiger partial charge in [-0.25, -0.2) is 4.98 Å². The highest BCUT2D eigenvalue weighted by atomic mass is 32.1. The van der Waals surface area contributed by atoms with Crippen LogP contribution in [0.1, 0.15) is 32.6 Å². The van der Waals surface area contributed by atoms with Gasteiger partial charge in [0, 0.05) is 5.75 Å². The second-order valence-electron chi connectivity index (χ2n) is 3.93. The van der Waals surface area contributed by atoms with Crippen molar-refractivity contribution in [3.8, 4) is 0 Å². The summed E-state index contributed by atoms with van der Waals surface area (Å²) < 4.78 is 1.65. The van der Waals surface area contributed by atoms with Crippen molar-refractivity contribution in [3.63, 3.8) is 0 Å². The lowest BCUT2D eigenvalue weighted by Crippen LogP contribution is -2.36. The molecule has 0 aromatic carbocycles. The van der Waals surface area contributed by atoms with Gasteiger partial charge in [-0.3, -0.25) is 4.68 Å². The van der Waals surface area contributed by atoms with Crippen LogP contribution in [0.4, 0.5) is 0 Å². The Labute approximate surface area is 96.1 Å². The van der Waals surface area contributed by atoms with Gasteiger partial charge in [-0.2, -0.15) is 17.7 Å². The molecule has 0 spiro atoms. The van der Waals surface area contributed by atoms with Crippen LogP contribution >= 0.6 is 12.6 Å². The van der Waals surface area contributed by atoms with E-state index in [1.165, 1.54) is 6.33 Å². The van der Waals surface area contributed by atoms with E-state index in [1.54, 1.807) is 11.0 Å². The summed E-state index contributed by atoms with van der Waals surface area (Å²) in [7, 11) is 0. The number of hydrogen-bond donors (Lipinski definition) is 2. The van der Waals surface area contributed by atoms with Crippen molar-refractivity contribution in [1.29, 1.82) is 0 Å². The molecule has 0 fully saturated rings. The Balaban J connectivity index is 2.44. The second-order valence-corrected chi connectivity index (χ2v) is 4.25. The fourth-order valence-electron chi connectivity index (χ4n) is 1.53. The lowest BCUT2D eigenvalue weighted by atomic mass is 9.98. The van der Waals surface area contributed by atoms with Crippen LogP contribution in [0.5, 0.6) is 0 Å². The van der Waals surface area contributed by atoms with E-state index in [1.807, 2.05) is 0 Å². The number of thiol groups is 1. The normalized spacial score (nSPS) is 15.1. The fourth-order valence-corrected chi connectivity index (χ4v) is 1.79. The molecule has 0 amide bonds. The predicted octanol–water partition coefficient (Wildman–Crippen LogP) is 1.52. The van der Waals surface area contributed by atoms with Crippen LogP contribution < -0.4 is 0 Å². The number of rotatable bonds is 7. The Morgan fingerprint density at radius 1 is 1.47 bits per heavy atom. The first-order chi connectivity index (χ1) is 7.20. The number of hydrogen-bond acceptors (Lipinski definition) is 4. The molecular weight excluding hydrogens is 210 g/mol. The van der Waals surface area contributed by atoms with Crippen molar-refractivity contribution >= 4 is 12.6 Å². The zero-order valence-electron chi connectivity index (χ0n) is 9.13. The van der Waals surface area contributed by atoms with Crippen molar-refractivity contribution in [2.45, 2.75) is 44.8 Å². The molecule has 1 atom stereocenters. The fraction of sp³-hybridized carbons (Fsp3) is 0.800. The maximum atomic E-state index is 10.3. The van der Waals surface area contributed by atoms with Gasteiger partial charge in [0.15, 0.2) is 0 Å². The summed E-state index contributed by atoms with van der Waals surface area (Å²) in [5.74, 6) is 0.455. The minimum Gasteiger partial charge on any atom is -0.387 e. The average Bonchev–Trinajstić information content (AvgIpc) is 2.71. The molecule has 1 unspecified atom stereocenters. The molecule has 15 heavy (non-hydrogen) atoms. The molecule has 86 valence electrons. The predicted molar refractivity (Wildman–Crippen MR) is 63.0 cm³/mol. The second kappa shape index (κ2) is 6.12. The molecule has 0 saturated heterocycles. The Morgan fingerprint density at radius 2 is 2.27 bits per heavy atom. The van der Waals surface area contributed by atoms with Gasteiger partial charge in [0.05, 0.1) is 12.1 Å². The maximum absolute atomic E-state index is 10.3. The van der Waals surface area contributed by atoms with Crippen molar-refractivity contribution in [2.75, 3.05) is 5.75 Å². The van der Waals surface area contributed by atoms with Gasteiger partial charge in [-0.15, -0.1) is 0 Å². The highest BCUT2D eigenvalue weighted by Gasteiger charge is 2.25. The summed E-state index contributed by atoms with van der Waals surface area (Å²) in [6.45, 7) is 2.62. The lowest BCUT2D eigenvalue weighted by molar-refractivity contribution is 0.0324. The van der Waals surface area contributed by atoms with Crippen molar-refractivity contribution < 1.29 is 5.11 Å². The molecule has 1 aromatic rings. The van der Waals surface area contributed by atoms with Gasteiger partial charge >= 0.3 is 0 Å². The van der Waals surface area contributed by atoms with Gasteiger partial charge in [0.2, 0.25) is 0 Å². The first kappa shape index (κ1) is 12.5. The summed E-state index contributed by atoms with van der Waals surface area (Å²) in [6, 6.07) is 0. The smallest absolute Gasteiger partial charge is 0.137 e. The minimum atomic E-state index is -0.758. The molecule has 1 heterocycles. The summed E-state index contributed by atoms with van der Waals surface area (Å²) in [5.41, 5.74) is -0.758. The van der Waals surface area contributed by atoms with E-state index >= 15 is 0 Å². The third kappa shape index (κ3) is 4.22.